The van der Waals surface area contributed by atoms with Crippen molar-refractivity contribution in [3.8, 4) is 12.0 Å². The Morgan fingerprint density at radius 1 is 1.39 bits per heavy atom. The van der Waals surface area contributed by atoms with Gasteiger partial charge in [-0.05, 0) is 13.8 Å². The van der Waals surface area contributed by atoms with Crippen LogP contribution in [0.25, 0.3) is 5.95 Å². The van der Waals surface area contributed by atoms with Gasteiger partial charge >= 0.3 is 6.01 Å². The molecule has 7 nitrogen and oxygen atoms in total. The lowest BCUT2D eigenvalue weighted by Gasteiger charge is -2.06. The van der Waals surface area contributed by atoms with Crippen molar-refractivity contribution in [3.05, 3.63) is 16.9 Å². The van der Waals surface area contributed by atoms with Crippen LogP contribution in [0.15, 0.2) is 6.20 Å². The molecule has 0 saturated heterocycles. The molecule has 0 aliphatic heterocycles. The van der Waals surface area contributed by atoms with E-state index in [2.05, 4.69) is 25.4 Å². The molecule has 2 heterocycles. The van der Waals surface area contributed by atoms with Crippen molar-refractivity contribution in [3.63, 3.8) is 0 Å². The van der Waals surface area contributed by atoms with Gasteiger partial charge in [-0.3, -0.25) is 0 Å². The van der Waals surface area contributed by atoms with Crippen molar-refractivity contribution in [2.24, 2.45) is 0 Å². The lowest BCUT2D eigenvalue weighted by atomic mass is 10.5. The van der Waals surface area contributed by atoms with Crippen LogP contribution in [0.2, 0.25) is 5.02 Å². The fourth-order valence-electron chi connectivity index (χ4n) is 1.30. The summed E-state index contributed by atoms with van der Waals surface area (Å²) in [5.41, 5.74) is 0.709. The highest BCUT2D eigenvalue weighted by molar-refractivity contribution is 6.31. The quantitative estimate of drug-likeness (QED) is 0.904. The minimum absolute atomic E-state index is 0.246. The standard InChI is InChI=1S/C10H13ClN6O/c1-4-18-10-14-8(12-3)13-9(15-10)17-5-7(11)6(2)16-17/h5H,4H2,1-3H3,(H,12,13,14,15). The molecule has 0 aliphatic rings. The third-order valence-corrected chi connectivity index (χ3v) is 2.52. The number of anilines is 1. The lowest BCUT2D eigenvalue weighted by Crippen LogP contribution is -2.09. The maximum Gasteiger partial charge on any atom is 0.323 e. The van der Waals surface area contributed by atoms with Gasteiger partial charge in [0.15, 0.2) is 0 Å². The van der Waals surface area contributed by atoms with Gasteiger partial charge < -0.3 is 10.1 Å². The van der Waals surface area contributed by atoms with E-state index in [1.807, 2.05) is 13.8 Å². The number of nitrogens with one attached hydrogen (secondary N) is 1. The van der Waals surface area contributed by atoms with E-state index in [1.165, 1.54) is 4.68 Å². The summed E-state index contributed by atoms with van der Waals surface area (Å²) in [5.74, 6) is 0.764. The molecule has 0 spiro atoms. The molecule has 0 aromatic carbocycles. The Balaban J connectivity index is 2.45. The Bertz CT molecular complexity index is 536. The first-order valence-electron chi connectivity index (χ1n) is 5.42. The smallest absolute Gasteiger partial charge is 0.323 e. The van der Waals surface area contributed by atoms with Gasteiger partial charge in [0, 0.05) is 7.05 Å². The summed E-state index contributed by atoms with van der Waals surface area (Å²) in [4.78, 5) is 12.4. The highest BCUT2D eigenvalue weighted by Crippen LogP contribution is 2.16. The Morgan fingerprint density at radius 2 is 2.17 bits per heavy atom. The van der Waals surface area contributed by atoms with E-state index in [4.69, 9.17) is 16.3 Å². The zero-order chi connectivity index (χ0) is 13.1. The molecule has 0 aliphatic carbocycles. The molecule has 2 aromatic rings. The van der Waals surface area contributed by atoms with E-state index in [0.717, 1.165) is 0 Å². The number of ether oxygens (including phenoxy) is 1. The average molecular weight is 269 g/mol. The highest BCUT2D eigenvalue weighted by atomic mass is 35.5. The molecule has 18 heavy (non-hydrogen) atoms. The first kappa shape index (κ1) is 12.6. The van der Waals surface area contributed by atoms with Gasteiger partial charge in [0.1, 0.15) is 0 Å². The monoisotopic (exact) mass is 268 g/mol. The molecule has 1 N–H and O–H groups in total. The van der Waals surface area contributed by atoms with E-state index >= 15 is 0 Å². The lowest BCUT2D eigenvalue weighted by molar-refractivity contribution is 0.311. The molecule has 8 heteroatoms. The number of rotatable bonds is 4. The number of halogens is 1. The van der Waals surface area contributed by atoms with Crippen LogP contribution in [0.4, 0.5) is 5.95 Å². The third kappa shape index (κ3) is 2.51. The van der Waals surface area contributed by atoms with Crippen LogP contribution >= 0.6 is 11.6 Å². The van der Waals surface area contributed by atoms with Crippen LogP contribution < -0.4 is 10.1 Å². The van der Waals surface area contributed by atoms with Gasteiger partial charge in [-0.2, -0.15) is 20.1 Å². The van der Waals surface area contributed by atoms with Crippen LogP contribution in [0, 0.1) is 6.92 Å². The summed E-state index contributed by atoms with van der Waals surface area (Å²) in [5, 5.41) is 7.60. The minimum atomic E-state index is 0.246. The van der Waals surface area contributed by atoms with Gasteiger partial charge in [0.05, 0.1) is 23.5 Å². The number of hydrogen-bond donors (Lipinski definition) is 1. The van der Waals surface area contributed by atoms with Gasteiger partial charge in [-0.25, -0.2) is 4.68 Å². The fourth-order valence-corrected chi connectivity index (χ4v) is 1.43. The van der Waals surface area contributed by atoms with Gasteiger partial charge in [0.2, 0.25) is 5.95 Å². The predicted octanol–water partition coefficient (Wildman–Crippen LogP) is 1.46. The SMILES string of the molecule is CCOc1nc(NC)nc(-n2cc(Cl)c(C)n2)n1. The summed E-state index contributed by atoms with van der Waals surface area (Å²) in [7, 11) is 1.72. The van der Waals surface area contributed by atoms with Crippen LogP contribution in [0.3, 0.4) is 0 Å². The second-order valence-corrected chi connectivity index (χ2v) is 3.84. The summed E-state index contributed by atoms with van der Waals surface area (Å²) in [6, 6.07) is 0.246. The Hall–Kier alpha value is -1.89. The van der Waals surface area contributed by atoms with E-state index in [1.54, 1.807) is 13.2 Å². The van der Waals surface area contributed by atoms with Gasteiger partial charge in [-0.1, -0.05) is 11.6 Å². The van der Waals surface area contributed by atoms with Crippen molar-refractivity contribution in [2.75, 3.05) is 19.0 Å². The van der Waals surface area contributed by atoms with Crippen LogP contribution in [-0.4, -0.2) is 38.4 Å². The molecule has 0 atom stereocenters. The summed E-state index contributed by atoms with van der Waals surface area (Å²) in [6.45, 7) is 4.14. The Labute approximate surface area is 109 Å². The number of aryl methyl sites for hydroxylation is 1. The van der Waals surface area contributed by atoms with Crippen molar-refractivity contribution in [1.82, 2.24) is 24.7 Å². The van der Waals surface area contributed by atoms with Crippen molar-refractivity contribution in [1.29, 1.82) is 0 Å². The second kappa shape index (κ2) is 5.18. The van der Waals surface area contributed by atoms with Crippen LogP contribution in [0.5, 0.6) is 6.01 Å². The Morgan fingerprint density at radius 3 is 2.72 bits per heavy atom. The maximum atomic E-state index is 5.95. The summed E-state index contributed by atoms with van der Waals surface area (Å²) < 4.78 is 6.76. The van der Waals surface area contributed by atoms with Crippen molar-refractivity contribution < 1.29 is 4.74 Å². The summed E-state index contributed by atoms with van der Waals surface area (Å²) in [6.07, 6.45) is 1.64. The molecule has 0 fully saturated rings. The topological polar surface area (TPSA) is 77.8 Å². The molecule has 2 aromatic heterocycles. The molecule has 0 radical (unpaired) electrons. The molecule has 96 valence electrons. The predicted molar refractivity (Wildman–Crippen MR) is 67.4 cm³/mol. The van der Waals surface area contributed by atoms with E-state index in [9.17, 15) is 0 Å². The summed E-state index contributed by atoms with van der Waals surface area (Å²) >= 11 is 5.95. The number of hydrogen-bond acceptors (Lipinski definition) is 6. The number of nitrogens with zero attached hydrogens (tertiary/aromatic N) is 5. The van der Waals surface area contributed by atoms with E-state index < -0.39 is 0 Å². The van der Waals surface area contributed by atoms with E-state index in [0.29, 0.717) is 29.2 Å². The molecular weight excluding hydrogens is 256 g/mol. The zero-order valence-corrected chi connectivity index (χ0v) is 11.1. The first-order chi connectivity index (χ1) is 8.63. The molecular formula is C10H13ClN6O. The van der Waals surface area contributed by atoms with E-state index in [-0.39, 0.29) is 6.01 Å². The fraction of sp³-hybridized carbons (Fsp3) is 0.400. The molecule has 0 unspecified atom stereocenters. The minimum Gasteiger partial charge on any atom is -0.464 e. The van der Waals surface area contributed by atoms with Crippen LogP contribution in [0.1, 0.15) is 12.6 Å². The van der Waals surface area contributed by atoms with Gasteiger partial charge in [0.25, 0.3) is 5.95 Å². The molecule has 0 bridgehead atoms. The highest BCUT2D eigenvalue weighted by Gasteiger charge is 2.11. The first-order valence-corrected chi connectivity index (χ1v) is 5.80. The molecule has 2 rings (SSSR count). The zero-order valence-electron chi connectivity index (χ0n) is 10.3. The molecule has 0 saturated carbocycles. The van der Waals surface area contributed by atoms with Crippen molar-refractivity contribution in [2.45, 2.75) is 13.8 Å². The maximum absolute atomic E-state index is 5.95. The second-order valence-electron chi connectivity index (χ2n) is 3.43. The number of aromatic nitrogens is 5. The van der Waals surface area contributed by atoms with Gasteiger partial charge in [-0.15, -0.1) is 0 Å². The average Bonchev–Trinajstić information content (AvgIpc) is 2.70. The molecule has 0 amide bonds. The normalized spacial score (nSPS) is 10.4. The van der Waals surface area contributed by atoms with Crippen LogP contribution in [-0.2, 0) is 0 Å². The third-order valence-electron chi connectivity index (χ3n) is 2.14. The van der Waals surface area contributed by atoms with Crippen molar-refractivity contribution >= 4 is 17.5 Å². The largest absolute Gasteiger partial charge is 0.464 e. The Kier molecular flexibility index (Phi) is 3.61.